The Morgan fingerprint density at radius 2 is 1.74 bits per heavy atom. The molecule has 11 heteroatoms. The summed E-state index contributed by atoms with van der Waals surface area (Å²) in [6.07, 6.45) is 0. The highest BCUT2D eigenvalue weighted by atomic mass is 32.2. The third-order valence-corrected chi connectivity index (χ3v) is 5.91. The molecule has 3 rings (SSSR count). The number of nitrogens with zero attached hydrogens (tertiary/aromatic N) is 3. The molecule has 0 saturated carbocycles. The molecule has 186 valence electrons. The van der Waals surface area contributed by atoms with Gasteiger partial charge in [0, 0.05) is 17.8 Å². The van der Waals surface area contributed by atoms with Gasteiger partial charge in [-0.3, -0.25) is 9.59 Å². The highest BCUT2D eigenvalue weighted by Gasteiger charge is 2.16. The lowest BCUT2D eigenvalue weighted by Crippen LogP contribution is -2.25. The number of anilines is 1. The number of methoxy groups -OCH3 is 2. The number of nitrogens with one attached hydrogen (secondary N) is 2. The molecule has 0 aliphatic rings. The number of carbonyl (C=O) groups is 2. The van der Waals surface area contributed by atoms with Gasteiger partial charge in [-0.2, -0.15) is 0 Å². The summed E-state index contributed by atoms with van der Waals surface area (Å²) in [5.41, 5.74) is 1.13. The quantitative estimate of drug-likeness (QED) is 0.364. The molecular formula is C24H29N5O5S. The van der Waals surface area contributed by atoms with Crippen molar-refractivity contribution in [3.63, 3.8) is 0 Å². The Morgan fingerprint density at radius 3 is 2.40 bits per heavy atom. The van der Waals surface area contributed by atoms with Crippen LogP contribution in [0.2, 0.25) is 0 Å². The first-order chi connectivity index (χ1) is 17.0. The molecule has 0 atom stereocenters. The van der Waals surface area contributed by atoms with Gasteiger partial charge in [-0.05, 0) is 56.3 Å². The van der Waals surface area contributed by atoms with Gasteiger partial charge >= 0.3 is 0 Å². The van der Waals surface area contributed by atoms with Crippen LogP contribution in [0.4, 0.5) is 5.69 Å². The Morgan fingerprint density at radius 1 is 1.00 bits per heavy atom. The summed E-state index contributed by atoms with van der Waals surface area (Å²) in [5, 5.41) is 14.7. The Labute approximate surface area is 208 Å². The average molecular weight is 500 g/mol. The smallest absolute Gasteiger partial charge is 0.251 e. The van der Waals surface area contributed by atoms with E-state index in [9.17, 15) is 9.59 Å². The fraction of sp³-hybridized carbons (Fsp3) is 0.333. The van der Waals surface area contributed by atoms with Gasteiger partial charge in [0.2, 0.25) is 5.91 Å². The van der Waals surface area contributed by atoms with Crippen molar-refractivity contribution in [1.29, 1.82) is 0 Å². The zero-order valence-electron chi connectivity index (χ0n) is 20.2. The van der Waals surface area contributed by atoms with Crippen molar-refractivity contribution >= 4 is 29.3 Å². The second kappa shape index (κ2) is 12.7. The summed E-state index contributed by atoms with van der Waals surface area (Å²) < 4.78 is 17.7. The van der Waals surface area contributed by atoms with E-state index in [0.717, 1.165) is 5.75 Å². The van der Waals surface area contributed by atoms with Crippen LogP contribution in [0.5, 0.6) is 17.2 Å². The van der Waals surface area contributed by atoms with Crippen molar-refractivity contribution in [2.45, 2.75) is 32.1 Å². The molecule has 0 aliphatic carbocycles. The van der Waals surface area contributed by atoms with E-state index in [1.807, 2.05) is 30.5 Å². The molecule has 35 heavy (non-hydrogen) atoms. The number of carbonyl (C=O) groups excluding carboxylic acids is 2. The van der Waals surface area contributed by atoms with E-state index in [-0.39, 0.29) is 24.1 Å². The number of thioether (sulfide) groups is 1. The van der Waals surface area contributed by atoms with Crippen LogP contribution in [0.25, 0.3) is 0 Å². The van der Waals surface area contributed by atoms with Gasteiger partial charge in [0.1, 0.15) is 5.75 Å². The fourth-order valence-corrected chi connectivity index (χ4v) is 4.06. The molecule has 2 amide bonds. The van der Waals surface area contributed by atoms with Crippen LogP contribution in [-0.4, -0.2) is 53.2 Å². The Balaban J connectivity index is 1.55. The van der Waals surface area contributed by atoms with Gasteiger partial charge in [-0.15, -0.1) is 10.2 Å². The van der Waals surface area contributed by atoms with Gasteiger partial charge in [-0.25, -0.2) is 0 Å². The van der Waals surface area contributed by atoms with Gasteiger partial charge in [-0.1, -0.05) is 11.8 Å². The maximum atomic E-state index is 12.6. The van der Waals surface area contributed by atoms with Crippen molar-refractivity contribution in [3.8, 4) is 17.2 Å². The van der Waals surface area contributed by atoms with Gasteiger partial charge < -0.3 is 29.4 Å². The van der Waals surface area contributed by atoms with Crippen LogP contribution in [0.3, 0.4) is 0 Å². The summed E-state index contributed by atoms with van der Waals surface area (Å²) in [5.74, 6) is 2.09. The zero-order valence-corrected chi connectivity index (χ0v) is 21.0. The molecule has 0 saturated heterocycles. The van der Waals surface area contributed by atoms with Crippen molar-refractivity contribution in [2.75, 3.05) is 31.9 Å². The van der Waals surface area contributed by atoms with Gasteiger partial charge in [0.05, 0.1) is 33.1 Å². The van der Waals surface area contributed by atoms with Crippen molar-refractivity contribution < 1.29 is 23.8 Å². The lowest BCUT2D eigenvalue weighted by atomic mass is 10.2. The first-order valence-electron chi connectivity index (χ1n) is 11.1. The number of amides is 2. The number of rotatable bonds is 12. The summed E-state index contributed by atoms with van der Waals surface area (Å²) >= 11 is 1.28. The highest BCUT2D eigenvalue weighted by Crippen LogP contribution is 2.27. The lowest BCUT2D eigenvalue weighted by Gasteiger charge is -2.11. The Kier molecular flexibility index (Phi) is 9.36. The number of hydrogen-bond donors (Lipinski definition) is 2. The molecule has 10 nitrogen and oxygen atoms in total. The number of aromatic nitrogens is 3. The minimum atomic E-state index is -0.277. The summed E-state index contributed by atoms with van der Waals surface area (Å²) in [7, 11) is 3.05. The Hall–Kier alpha value is -3.73. The van der Waals surface area contributed by atoms with Crippen molar-refractivity contribution in [2.24, 2.45) is 0 Å². The molecule has 0 radical (unpaired) electrons. The molecule has 2 N–H and O–H groups in total. The SMILES string of the molecule is CCOc1ccc(NC(=O)CSc2nnc(CNC(=O)c3ccc(OC)c(OC)c3)n2CC)cc1. The number of hydrogen-bond acceptors (Lipinski definition) is 8. The predicted molar refractivity (Wildman–Crippen MR) is 133 cm³/mol. The molecule has 0 unspecified atom stereocenters. The number of ether oxygens (including phenoxy) is 3. The van der Waals surface area contributed by atoms with E-state index in [0.29, 0.717) is 46.9 Å². The molecule has 3 aromatic rings. The standard InChI is InChI=1S/C24H29N5O5S/c1-5-29-21(14-25-23(31)16-7-12-19(32-3)20(13-16)33-4)27-28-24(29)35-15-22(30)26-17-8-10-18(11-9-17)34-6-2/h7-13H,5-6,14-15H2,1-4H3,(H,25,31)(H,26,30). The van der Waals surface area contributed by atoms with Gasteiger partial charge in [0.25, 0.3) is 5.91 Å². The van der Waals surface area contributed by atoms with Crippen LogP contribution in [-0.2, 0) is 17.9 Å². The van der Waals surface area contributed by atoms with E-state index in [1.165, 1.54) is 26.0 Å². The highest BCUT2D eigenvalue weighted by molar-refractivity contribution is 7.99. The Bertz CT molecular complexity index is 1150. The predicted octanol–water partition coefficient (Wildman–Crippen LogP) is 3.37. The van der Waals surface area contributed by atoms with Crippen LogP contribution in [0.1, 0.15) is 30.0 Å². The number of benzene rings is 2. The normalized spacial score (nSPS) is 10.5. The first kappa shape index (κ1) is 25.9. The van der Waals surface area contributed by atoms with Crippen LogP contribution in [0.15, 0.2) is 47.6 Å². The van der Waals surface area contributed by atoms with Crippen LogP contribution in [0, 0.1) is 0 Å². The first-order valence-corrected chi connectivity index (χ1v) is 12.0. The maximum absolute atomic E-state index is 12.6. The van der Waals surface area contributed by atoms with E-state index < -0.39 is 0 Å². The molecule has 2 aromatic carbocycles. The summed E-state index contributed by atoms with van der Waals surface area (Å²) in [6.45, 7) is 5.24. The monoisotopic (exact) mass is 499 g/mol. The maximum Gasteiger partial charge on any atom is 0.251 e. The summed E-state index contributed by atoms with van der Waals surface area (Å²) in [6, 6.07) is 12.2. The van der Waals surface area contributed by atoms with E-state index >= 15 is 0 Å². The molecule has 0 fully saturated rings. The van der Waals surface area contributed by atoms with Crippen molar-refractivity contribution in [3.05, 3.63) is 53.9 Å². The molecule has 0 spiro atoms. The molecule has 0 bridgehead atoms. The van der Waals surface area contributed by atoms with E-state index in [4.69, 9.17) is 14.2 Å². The topological polar surface area (TPSA) is 117 Å². The third-order valence-electron chi connectivity index (χ3n) is 4.94. The third kappa shape index (κ3) is 6.89. The molecule has 0 aliphatic heterocycles. The van der Waals surface area contributed by atoms with Gasteiger partial charge in [0.15, 0.2) is 22.5 Å². The molecular weight excluding hydrogens is 470 g/mol. The fourth-order valence-electron chi connectivity index (χ4n) is 3.24. The summed E-state index contributed by atoms with van der Waals surface area (Å²) in [4.78, 5) is 25.0. The molecule has 1 heterocycles. The van der Waals surface area contributed by atoms with Crippen LogP contribution >= 0.6 is 11.8 Å². The zero-order chi connectivity index (χ0) is 25.2. The average Bonchev–Trinajstić information content (AvgIpc) is 3.28. The largest absolute Gasteiger partial charge is 0.494 e. The van der Waals surface area contributed by atoms with Crippen LogP contribution < -0.4 is 24.8 Å². The van der Waals surface area contributed by atoms with E-state index in [1.54, 1.807) is 30.3 Å². The minimum absolute atomic E-state index is 0.159. The lowest BCUT2D eigenvalue weighted by molar-refractivity contribution is -0.113. The second-order valence-electron chi connectivity index (χ2n) is 7.19. The molecule has 1 aromatic heterocycles. The second-order valence-corrected chi connectivity index (χ2v) is 8.13. The van der Waals surface area contributed by atoms with E-state index in [2.05, 4.69) is 20.8 Å². The van der Waals surface area contributed by atoms with Crippen molar-refractivity contribution in [1.82, 2.24) is 20.1 Å². The minimum Gasteiger partial charge on any atom is -0.494 e.